The van der Waals surface area contributed by atoms with Crippen LogP contribution in [0.15, 0.2) is 60.7 Å². The van der Waals surface area contributed by atoms with Gasteiger partial charge in [-0.2, -0.15) is 81.0 Å². The first-order valence-electron chi connectivity index (χ1n) is 40.4. The molecule has 42 nitrogen and oxygen atoms in total. The quantitative estimate of drug-likeness (QED) is 0.0269. The lowest BCUT2D eigenvalue weighted by Crippen LogP contribution is -2.43. The van der Waals surface area contributed by atoms with Crippen molar-refractivity contribution in [2.75, 3.05) is 129 Å². The number of aliphatic hydroxyl groups excluding tert-OH is 2. The van der Waals surface area contributed by atoms with Crippen LogP contribution in [0.4, 0.5) is 19.2 Å². The number of carbonyl (C=O) groups excluding carboxylic acids is 18. The molecule has 0 spiro atoms. The molecule has 1 aliphatic heterocycles. The van der Waals surface area contributed by atoms with Crippen molar-refractivity contribution < 1.29 is 201 Å². The summed E-state index contributed by atoms with van der Waals surface area (Å²) >= 11 is 22.5. The Bertz CT molecular complexity index is 3790. The zero-order valence-electron chi connectivity index (χ0n) is 78.4. The zero-order valence-corrected chi connectivity index (χ0v) is 87.4. The Kier molecular flexibility index (Phi) is 76.7. The van der Waals surface area contributed by atoms with Gasteiger partial charge in [0, 0.05) is 37.4 Å². The van der Waals surface area contributed by atoms with Crippen molar-refractivity contribution in [1.82, 2.24) is 0 Å². The molecule has 52 heteroatoms. The van der Waals surface area contributed by atoms with Gasteiger partial charge in [-0.15, -0.1) is 46.4 Å². The molecule has 136 heavy (non-hydrogen) atoms. The normalized spacial score (nSPS) is 15.4. The first-order valence-corrected chi connectivity index (χ1v) is 42.5. The van der Waals surface area contributed by atoms with Crippen LogP contribution in [0.1, 0.15) is 148 Å². The van der Waals surface area contributed by atoms with E-state index < -0.39 is 257 Å². The number of aliphatic hydroxyl groups is 2. The van der Waals surface area contributed by atoms with E-state index in [4.69, 9.17) is 141 Å². The number of rotatable bonds is 52. The fourth-order valence-corrected chi connectivity index (χ4v) is 9.26. The highest BCUT2D eigenvalue weighted by Gasteiger charge is 2.46. The molecule has 2 aromatic rings. The third-order valence-corrected chi connectivity index (χ3v) is 18.2. The number of ether oxygens (including phenoxy) is 22. The molecule has 0 bridgehead atoms. The maximum absolute atomic E-state index is 13.6. The van der Waals surface area contributed by atoms with Crippen LogP contribution in [-0.2, 0) is 185 Å². The second kappa shape index (κ2) is 74.3. The molecular formula is C84H130Cl4O42S6. The largest absolute Gasteiger partial charge is 0.508 e. The van der Waals surface area contributed by atoms with Crippen LogP contribution in [0.3, 0.4) is 0 Å². The number of alkyl halides is 4. The molecule has 1 fully saturated rings. The molecule has 1 heterocycles. The van der Waals surface area contributed by atoms with Gasteiger partial charge in [0.25, 0.3) is 0 Å². The Morgan fingerprint density at radius 1 is 0.316 bits per heavy atom. The van der Waals surface area contributed by atoms with Crippen molar-refractivity contribution >= 4 is 236 Å². The van der Waals surface area contributed by atoms with Crippen molar-refractivity contribution in [3.63, 3.8) is 0 Å². The number of hydrogen-bond donors (Lipinski definition) is 2. The lowest BCUT2D eigenvalue weighted by atomic mass is 9.93. The van der Waals surface area contributed by atoms with Gasteiger partial charge in [-0.25, -0.2) is 47.9 Å². The molecule has 1 saturated heterocycles. The molecule has 10 atom stereocenters. The van der Waals surface area contributed by atoms with Crippen LogP contribution >= 0.6 is 127 Å². The van der Waals surface area contributed by atoms with Crippen LogP contribution in [0.2, 0.25) is 0 Å². The van der Waals surface area contributed by atoms with Gasteiger partial charge in [-0.3, -0.25) is 38.4 Å². The minimum atomic E-state index is -2.01. The van der Waals surface area contributed by atoms with E-state index in [1.165, 1.54) is 69.2 Å². The van der Waals surface area contributed by atoms with E-state index in [0.717, 1.165) is 27.7 Å². The minimum Gasteiger partial charge on any atom is -0.465 e. The van der Waals surface area contributed by atoms with Gasteiger partial charge in [0.15, 0.2) is 36.6 Å². The highest BCUT2D eigenvalue weighted by Crippen LogP contribution is 2.29. The molecule has 2 N–H and O–H groups in total. The summed E-state index contributed by atoms with van der Waals surface area (Å²) < 4.78 is 111. The predicted molar refractivity (Wildman–Crippen MR) is 510 cm³/mol. The van der Waals surface area contributed by atoms with Crippen LogP contribution in [0.25, 0.3) is 0 Å². The molecular weight excluding hydrogens is 2020 g/mol. The summed E-state index contributed by atoms with van der Waals surface area (Å²) in [5.41, 5.74) is -9.62. The molecule has 4 unspecified atom stereocenters. The van der Waals surface area contributed by atoms with E-state index >= 15 is 0 Å². The van der Waals surface area contributed by atoms with Gasteiger partial charge in [0.2, 0.25) is 0 Å². The van der Waals surface area contributed by atoms with Gasteiger partial charge in [0.05, 0.1) is 39.6 Å². The average Bonchev–Trinajstić information content (AvgIpc) is 0.833. The standard InChI is InChI=1S/C46H62Cl2O24.C30H42Cl2O14.C6H8O4.C2H6.6H2S/c1-28(71-37(53)30(3)69-32(5)49)35(51)63-22-44(7,39(55)60-19-13-17-47)24-65-42(58)67-26-46(9,41(57)62-21-34-15-11-10-12-16-34)27-68-43(59)66-25-45(8,40(56)61-20-14-18-48)23-64-36(52)29(2)72-38(54)31(4)70-33(6)50;1-28(16-33,23(35)40-13-7-11-31)18-43-26(38)45-20-30(3,25(37)42-15-22-9-5-4-6-10-22)21-46-27(39)44-19-29(2,17-34)24(36)41-14-8-12-32;1-3-5(7)10-4(2)6(8)9-3;1-2;;;;;;/h10-12,15-16,28-31H,13-14,17-27H2,1-9H3;4-6,9-10,33-34H,7-8,11-21H2,1-3H3;3-4H,1-2H3;1-2H3;6*1H2/t28-,29-,30-,31-,44?,45?,46?;;3-,4-;;;;;;;/m0.0......./s1. The summed E-state index contributed by atoms with van der Waals surface area (Å²) in [5.74, 6) is -11.8. The average molecular weight is 2150 g/mol. The summed E-state index contributed by atoms with van der Waals surface area (Å²) in [6.07, 6.45) is -11.6. The number of carbonyl (C=O) groups is 18. The summed E-state index contributed by atoms with van der Waals surface area (Å²) in [4.78, 5) is 223. The van der Waals surface area contributed by atoms with Crippen LogP contribution in [0.5, 0.6) is 0 Å². The molecule has 0 aromatic heterocycles. The minimum absolute atomic E-state index is 0. The Morgan fingerprint density at radius 2 is 0.515 bits per heavy atom. The maximum atomic E-state index is 13.6. The molecule has 0 saturated carbocycles. The number of benzene rings is 2. The highest BCUT2D eigenvalue weighted by molar-refractivity contribution is 7.60. The molecule has 3 rings (SSSR count). The summed E-state index contributed by atoms with van der Waals surface area (Å²) in [5, 5.41) is 19.4. The Morgan fingerprint density at radius 3 is 0.728 bits per heavy atom. The molecule has 1 aliphatic rings. The van der Waals surface area contributed by atoms with E-state index in [0.29, 0.717) is 24.0 Å². The molecule has 0 radical (unpaired) electrons. The Hall–Kier alpha value is -8.72. The van der Waals surface area contributed by atoms with Crippen LogP contribution < -0.4 is 0 Å². The smallest absolute Gasteiger partial charge is 0.465 e. The van der Waals surface area contributed by atoms with E-state index in [1.54, 1.807) is 60.7 Å². The van der Waals surface area contributed by atoms with Gasteiger partial charge < -0.3 is 114 Å². The van der Waals surface area contributed by atoms with Gasteiger partial charge in [0.1, 0.15) is 112 Å². The zero-order chi connectivity index (χ0) is 99.0. The van der Waals surface area contributed by atoms with Crippen molar-refractivity contribution in [3.8, 4) is 0 Å². The summed E-state index contributed by atoms with van der Waals surface area (Å²) in [6.45, 7) is 11.5. The van der Waals surface area contributed by atoms with Gasteiger partial charge in [-0.05, 0) is 120 Å². The van der Waals surface area contributed by atoms with Gasteiger partial charge in [-0.1, -0.05) is 74.5 Å². The Labute approximate surface area is 850 Å². The molecule has 0 amide bonds. The fraction of sp³-hybridized carbons (Fsp3) is 0.643. The van der Waals surface area contributed by atoms with E-state index in [9.17, 15) is 96.5 Å². The maximum Gasteiger partial charge on any atom is 0.508 e. The summed E-state index contributed by atoms with van der Waals surface area (Å²) in [7, 11) is 0. The number of esters is 14. The van der Waals surface area contributed by atoms with Crippen LogP contribution in [0, 0.1) is 32.5 Å². The fourth-order valence-electron chi connectivity index (χ4n) is 8.82. The second-order valence-corrected chi connectivity index (χ2v) is 31.4. The van der Waals surface area contributed by atoms with Gasteiger partial charge >= 0.3 is 108 Å². The number of hydrogen-bond acceptors (Lipinski definition) is 42. The van der Waals surface area contributed by atoms with Crippen LogP contribution in [-0.4, -0.2) is 284 Å². The molecule has 782 valence electrons. The van der Waals surface area contributed by atoms with Crippen molar-refractivity contribution in [3.05, 3.63) is 71.8 Å². The predicted octanol–water partition coefficient (Wildman–Crippen LogP) is 9.20. The lowest BCUT2D eigenvalue weighted by Gasteiger charge is -2.29. The van der Waals surface area contributed by atoms with Crippen molar-refractivity contribution in [2.45, 2.75) is 186 Å². The SMILES string of the molecule is CC.CC(=O)O[C@@H](C)C(=O)O[C@@H](C)C(=O)OCC(C)(COC(=O)OCC(C)(COC(=O)OCC(C)(COC(=O)[C@H](C)OC(=O)[C@H](C)OC(C)=O)C(=O)OCCCCl)C(=O)OCc1ccccc1)C(=O)OCCCCl.CC(CO)(COC(=O)OCC(C)(COC(=O)OCC(C)(CO)C(=O)OCCCCl)C(=O)OCc1ccccc1)C(=O)OCCCCl.C[C@@H]1OC(=O)[C@H](C)OC1=O.S.S.S.S.S.S. The van der Waals surface area contributed by atoms with E-state index in [-0.39, 0.29) is 157 Å². The second-order valence-electron chi connectivity index (χ2n) is 29.9. The first kappa shape index (κ1) is 140. The van der Waals surface area contributed by atoms with Crippen molar-refractivity contribution in [1.29, 1.82) is 0 Å². The lowest BCUT2D eigenvalue weighted by molar-refractivity contribution is -0.191. The first-order chi connectivity index (χ1) is 61.1. The van der Waals surface area contributed by atoms with Crippen molar-refractivity contribution in [2.24, 2.45) is 32.5 Å². The molecule has 2 aromatic carbocycles. The molecule has 0 aliphatic carbocycles. The monoisotopic (exact) mass is 2140 g/mol. The third-order valence-electron chi connectivity index (χ3n) is 17.1. The third kappa shape index (κ3) is 55.2. The van der Waals surface area contributed by atoms with E-state index in [1.807, 2.05) is 13.8 Å². The summed E-state index contributed by atoms with van der Waals surface area (Å²) in [6, 6.07) is 17.1. The topological polar surface area (TPSA) is 551 Å². The number of cyclic esters (lactones) is 2. The number of halogens is 4. The Balaban J connectivity index is -0.000000445. The highest BCUT2D eigenvalue weighted by atomic mass is 35.5. The van der Waals surface area contributed by atoms with E-state index in [2.05, 4.69) is 9.47 Å².